The van der Waals surface area contributed by atoms with Crippen molar-refractivity contribution in [3.8, 4) is 0 Å². The summed E-state index contributed by atoms with van der Waals surface area (Å²) < 4.78 is 5.17. The van der Waals surface area contributed by atoms with Gasteiger partial charge in [0.25, 0.3) is 17.7 Å². The largest absolute Gasteiger partial charge is 0.459 e. The molecule has 1 aliphatic rings. The Kier molecular flexibility index (Phi) is 8.16. The molecule has 39 heavy (non-hydrogen) atoms. The Bertz CT molecular complexity index is 1460. The van der Waals surface area contributed by atoms with E-state index in [1.54, 1.807) is 74.5 Å². The average Bonchev–Trinajstić information content (AvgIpc) is 3.11. The number of carbonyl (C=O) groups excluding carboxylic acids is 4. The summed E-state index contributed by atoms with van der Waals surface area (Å²) >= 11 is 6.27. The van der Waals surface area contributed by atoms with Crippen molar-refractivity contribution < 1.29 is 23.9 Å². The summed E-state index contributed by atoms with van der Waals surface area (Å²) in [6, 6.07) is 19.9. The highest BCUT2D eigenvalue weighted by atomic mass is 35.5. The van der Waals surface area contributed by atoms with Crippen LogP contribution >= 0.6 is 11.6 Å². The van der Waals surface area contributed by atoms with Gasteiger partial charge in [0.1, 0.15) is 10.7 Å². The molecule has 0 bridgehead atoms. The number of rotatable bonds is 8. The molecule has 8 nitrogen and oxygen atoms in total. The molecule has 2 N–H and O–H groups in total. The van der Waals surface area contributed by atoms with Crippen molar-refractivity contribution in [1.29, 1.82) is 0 Å². The number of anilines is 3. The third-order valence-corrected chi connectivity index (χ3v) is 6.31. The van der Waals surface area contributed by atoms with Crippen molar-refractivity contribution in [2.75, 3.05) is 15.5 Å². The predicted molar refractivity (Wildman–Crippen MR) is 151 cm³/mol. The number of carbonyl (C=O) groups is 4. The third kappa shape index (κ3) is 6.18. The zero-order valence-electron chi connectivity index (χ0n) is 21.9. The lowest BCUT2D eigenvalue weighted by atomic mass is 10.0. The van der Waals surface area contributed by atoms with Gasteiger partial charge in [-0.3, -0.25) is 14.4 Å². The maximum Gasteiger partial charge on any atom is 0.338 e. The number of esters is 1. The Hall–Kier alpha value is -4.43. The standard InChI is InChI=1S/C30H28ClN3O5/c1-17(2)19-10-14-24(15-11-19)34-28(36)25(31)26(29(34)37)32-23-7-5-6-21(16-23)27(35)33-22-12-8-20(9-13-22)30(38)39-18(3)4/h5-18,32H,1-4H3,(H,33,35). The van der Waals surface area contributed by atoms with E-state index >= 15 is 0 Å². The van der Waals surface area contributed by atoms with Crippen molar-refractivity contribution in [3.05, 3.63) is 100 Å². The number of imide groups is 1. The minimum absolute atomic E-state index is 0.0731. The summed E-state index contributed by atoms with van der Waals surface area (Å²) in [7, 11) is 0. The molecule has 0 saturated heterocycles. The van der Waals surface area contributed by atoms with Gasteiger partial charge < -0.3 is 15.4 Å². The summed E-state index contributed by atoms with van der Waals surface area (Å²) in [6.07, 6.45) is -0.236. The van der Waals surface area contributed by atoms with E-state index < -0.39 is 23.7 Å². The zero-order chi connectivity index (χ0) is 28.3. The molecule has 0 saturated carbocycles. The predicted octanol–water partition coefficient (Wildman–Crippen LogP) is 6.06. The minimum Gasteiger partial charge on any atom is -0.459 e. The summed E-state index contributed by atoms with van der Waals surface area (Å²) in [4.78, 5) is 51.8. The molecule has 1 heterocycles. The highest BCUT2D eigenvalue weighted by Crippen LogP contribution is 2.31. The van der Waals surface area contributed by atoms with Gasteiger partial charge in [0.15, 0.2) is 0 Å². The first-order valence-corrected chi connectivity index (χ1v) is 12.8. The molecule has 0 aromatic heterocycles. The molecular weight excluding hydrogens is 518 g/mol. The number of hydrogen-bond donors (Lipinski definition) is 2. The molecular formula is C30H28ClN3O5. The Balaban J connectivity index is 1.46. The van der Waals surface area contributed by atoms with Gasteiger partial charge in [0.2, 0.25) is 0 Å². The van der Waals surface area contributed by atoms with Crippen LogP contribution in [0.25, 0.3) is 0 Å². The van der Waals surface area contributed by atoms with Crippen LogP contribution in [0.5, 0.6) is 0 Å². The van der Waals surface area contributed by atoms with Gasteiger partial charge in [0, 0.05) is 16.9 Å². The molecule has 0 fully saturated rings. The van der Waals surface area contributed by atoms with E-state index in [9.17, 15) is 19.2 Å². The molecule has 1 aliphatic heterocycles. The fraction of sp³-hybridized carbons (Fsp3) is 0.200. The lowest BCUT2D eigenvalue weighted by Crippen LogP contribution is -2.32. The molecule has 0 radical (unpaired) electrons. The normalized spacial score (nSPS) is 13.4. The van der Waals surface area contributed by atoms with Crippen molar-refractivity contribution in [2.24, 2.45) is 0 Å². The first kappa shape index (κ1) is 27.6. The molecule has 200 valence electrons. The van der Waals surface area contributed by atoms with Crippen LogP contribution in [0.1, 0.15) is 59.9 Å². The highest BCUT2D eigenvalue weighted by molar-refractivity contribution is 6.53. The van der Waals surface area contributed by atoms with Crippen molar-refractivity contribution in [2.45, 2.75) is 39.7 Å². The fourth-order valence-electron chi connectivity index (χ4n) is 3.91. The highest BCUT2D eigenvalue weighted by Gasteiger charge is 2.39. The van der Waals surface area contributed by atoms with Gasteiger partial charge >= 0.3 is 5.97 Å². The second kappa shape index (κ2) is 11.5. The average molecular weight is 546 g/mol. The minimum atomic E-state index is -0.629. The first-order chi connectivity index (χ1) is 18.5. The summed E-state index contributed by atoms with van der Waals surface area (Å²) in [5, 5.41) is 5.43. The Morgan fingerprint density at radius 3 is 2.10 bits per heavy atom. The molecule has 9 heteroatoms. The van der Waals surface area contributed by atoms with E-state index in [1.807, 2.05) is 12.1 Å². The number of hydrogen-bond acceptors (Lipinski definition) is 6. The van der Waals surface area contributed by atoms with Crippen LogP contribution in [0.15, 0.2) is 83.5 Å². The second-order valence-electron chi connectivity index (χ2n) is 9.57. The van der Waals surface area contributed by atoms with E-state index in [0.717, 1.165) is 10.5 Å². The number of nitrogens with one attached hydrogen (secondary N) is 2. The molecule has 4 rings (SSSR count). The summed E-state index contributed by atoms with van der Waals surface area (Å²) in [5.74, 6) is -1.76. The van der Waals surface area contributed by atoms with Gasteiger partial charge in [0.05, 0.1) is 17.4 Å². The van der Waals surface area contributed by atoms with E-state index in [4.69, 9.17) is 16.3 Å². The molecule has 0 unspecified atom stereocenters. The number of nitrogens with zero attached hydrogens (tertiary/aromatic N) is 1. The van der Waals surface area contributed by atoms with Crippen LogP contribution < -0.4 is 15.5 Å². The van der Waals surface area contributed by atoms with E-state index in [2.05, 4.69) is 24.5 Å². The Labute approximate surface area is 231 Å². The van der Waals surface area contributed by atoms with Gasteiger partial charge in [-0.2, -0.15) is 0 Å². The van der Waals surface area contributed by atoms with E-state index in [-0.39, 0.29) is 16.8 Å². The zero-order valence-corrected chi connectivity index (χ0v) is 22.7. The van der Waals surface area contributed by atoms with Crippen LogP contribution in [-0.2, 0) is 14.3 Å². The molecule has 0 aliphatic carbocycles. The first-order valence-electron chi connectivity index (χ1n) is 12.4. The van der Waals surface area contributed by atoms with Gasteiger partial charge in [-0.25, -0.2) is 9.69 Å². The third-order valence-electron chi connectivity index (χ3n) is 5.96. The lowest BCUT2D eigenvalue weighted by Gasteiger charge is -2.16. The molecule has 0 spiro atoms. The van der Waals surface area contributed by atoms with E-state index in [1.165, 1.54) is 0 Å². The van der Waals surface area contributed by atoms with Crippen molar-refractivity contribution >= 4 is 52.4 Å². The summed E-state index contributed by atoms with van der Waals surface area (Å²) in [5.41, 5.74) is 2.99. The van der Waals surface area contributed by atoms with Crippen LogP contribution in [0.3, 0.4) is 0 Å². The van der Waals surface area contributed by atoms with Crippen LogP contribution in [0, 0.1) is 0 Å². The van der Waals surface area contributed by atoms with Crippen LogP contribution in [0.4, 0.5) is 17.1 Å². The molecule has 3 aromatic carbocycles. The maximum absolute atomic E-state index is 13.1. The van der Waals surface area contributed by atoms with Crippen LogP contribution in [0.2, 0.25) is 0 Å². The number of ether oxygens (including phenoxy) is 1. The van der Waals surface area contributed by atoms with E-state index in [0.29, 0.717) is 34.1 Å². The fourth-order valence-corrected chi connectivity index (χ4v) is 4.12. The monoisotopic (exact) mass is 545 g/mol. The van der Waals surface area contributed by atoms with Crippen LogP contribution in [-0.4, -0.2) is 29.8 Å². The maximum atomic E-state index is 13.1. The Morgan fingerprint density at radius 2 is 1.49 bits per heavy atom. The second-order valence-corrected chi connectivity index (χ2v) is 9.95. The van der Waals surface area contributed by atoms with Crippen molar-refractivity contribution in [3.63, 3.8) is 0 Å². The topological polar surface area (TPSA) is 105 Å². The number of amides is 3. The van der Waals surface area contributed by atoms with Gasteiger partial charge in [-0.15, -0.1) is 0 Å². The van der Waals surface area contributed by atoms with Crippen molar-refractivity contribution in [1.82, 2.24) is 0 Å². The number of halogens is 1. The molecule has 3 amide bonds. The van der Waals surface area contributed by atoms with Gasteiger partial charge in [-0.1, -0.05) is 43.6 Å². The molecule has 3 aromatic rings. The summed E-state index contributed by atoms with van der Waals surface area (Å²) in [6.45, 7) is 7.64. The lowest BCUT2D eigenvalue weighted by molar-refractivity contribution is -0.120. The quantitative estimate of drug-likeness (QED) is 0.263. The van der Waals surface area contributed by atoms with Gasteiger partial charge in [-0.05, 0) is 79.9 Å². The SMILES string of the molecule is CC(C)OC(=O)c1ccc(NC(=O)c2cccc(NC3=C(Cl)C(=O)N(c4ccc(C(C)C)cc4)C3=O)c2)cc1. The number of benzene rings is 3. The Morgan fingerprint density at radius 1 is 0.821 bits per heavy atom. The molecule has 0 atom stereocenters. The smallest absolute Gasteiger partial charge is 0.338 e.